The third-order valence-corrected chi connectivity index (χ3v) is 2.71. The molecular formula is C10H20N4O2. The van der Waals surface area contributed by atoms with Gasteiger partial charge in [-0.05, 0) is 13.1 Å². The van der Waals surface area contributed by atoms with Crippen molar-refractivity contribution < 1.29 is 9.59 Å². The fourth-order valence-corrected chi connectivity index (χ4v) is 1.61. The molecule has 0 aromatic heterocycles. The second-order valence-corrected chi connectivity index (χ2v) is 3.77. The number of hydrogen-bond acceptors (Lipinski definition) is 4. The lowest BCUT2D eigenvalue weighted by Gasteiger charge is -2.18. The first-order chi connectivity index (χ1) is 7.67. The smallest absolute Gasteiger partial charge is 0.239 e. The molecule has 1 rings (SSSR count). The zero-order chi connectivity index (χ0) is 12.0. The van der Waals surface area contributed by atoms with E-state index >= 15 is 0 Å². The van der Waals surface area contributed by atoms with Crippen molar-refractivity contribution in [1.29, 1.82) is 0 Å². The highest BCUT2D eigenvalue weighted by Crippen LogP contribution is 1.97. The number of amides is 2. The normalized spacial score (nSPS) is 19.9. The summed E-state index contributed by atoms with van der Waals surface area (Å²) >= 11 is 0. The van der Waals surface area contributed by atoms with E-state index in [0.29, 0.717) is 6.54 Å². The summed E-state index contributed by atoms with van der Waals surface area (Å²) in [6.07, 6.45) is 0.219. The number of nitrogens with zero attached hydrogens (tertiary/aromatic N) is 1. The Balaban J connectivity index is 2.17. The van der Waals surface area contributed by atoms with Gasteiger partial charge in [-0.2, -0.15) is 0 Å². The summed E-state index contributed by atoms with van der Waals surface area (Å²) in [5.74, 6) is -0.255. The van der Waals surface area contributed by atoms with Crippen molar-refractivity contribution in [2.45, 2.75) is 26.3 Å². The third kappa shape index (κ3) is 3.79. The fraction of sp³-hybridized carbons (Fsp3) is 0.800. The van der Waals surface area contributed by atoms with Gasteiger partial charge in [0.15, 0.2) is 0 Å². The highest BCUT2D eigenvalue weighted by Gasteiger charge is 2.26. The zero-order valence-electron chi connectivity index (χ0n) is 9.88. The first kappa shape index (κ1) is 12.9. The van der Waals surface area contributed by atoms with Crippen LogP contribution >= 0.6 is 0 Å². The van der Waals surface area contributed by atoms with Crippen LogP contribution in [0.15, 0.2) is 0 Å². The molecule has 0 bridgehead atoms. The minimum atomic E-state index is -0.427. The van der Waals surface area contributed by atoms with Gasteiger partial charge in [0.1, 0.15) is 6.04 Å². The van der Waals surface area contributed by atoms with Crippen LogP contribution < -0.4 is 16.2 Å². The SMILES string of the molecule is CCN(CC)CCNC(=O)C1CC(=O)NN1. The van der Waals surface area contributed by atoms with Crippen molar-refractivity contribution in [3.8, 4) is 0 Å². The standard InChI is InChI=1S/C10H20N4O2/c1-3-14(4-2)6-5-11-10(16)8-7-9(15)13-12-8/h8,12H,3-7H2,1-2H3,(H,11,16)(H,13,15). The Kier molecular flexibility index (Phi) is 5.21. The summed E-state index contributed by atoms with van der Waals surface area (Å²) in [4.78, 5) is 24.7. The van der Waals surface area contributed by atoms with Gasteiger partial charge in [-0.1, -0.05) is 13.8 Å². The van der Waals surface area contributed by atoms with Gasteiger partial charge in [-0.15, -0.1) is 0 Å². The molecular weight excluding hydrogens is 208 g/mol. The number of nitrogens with one attached hydrogen (secondary N) is 3. The van der Waals surface area contributed by atoms with Crippen LogP contribution in [0.1, 0.15) is 20.3 Å². The van der Waals surface area contributed by atoms with Gasteiger partial charge in [0.2, 0.25) is 11.8 Å². The minimum absolute atomic E-state index is 0.120. The Morgan fingerprint density at radius 2 is 2.19 bits per heavy atom. The summed E-state index contributed by atoms with van der Waals surface area (Å²) in [5, 5.41) is 2.81. The predicted octanol–water partition coefficient (Wildman–Crippen LogP) is -1.16. The number of rotatable bonds is 6. The summed E-state index contributed by atoms with van der Waals surface area (Å²) in [5.41, 5.74) is 5.06. The maximum Gasteiger partial charge on any atom is 0.239 e. The van der Waals surface area contributed by atoms with Gasteiger partial charge >= 0.3 is 0 Å². The molecule has 0 spiro atoms. The molecule has 0 saturated carbocycles. The van der Waals surface area contributed by atoms with E-state index in [9.17, 15) is 9.59 Å². The Labute approximate surface area is 95.7 Å². The molecule has 3 N–H and O–H groups in total. The van der Waals surface area contributed by atoms with E-state index in [1.807, 2.05) is 0 Å². The monoisotopic (exact) mass is 228 g/mol. The zero-order valence-corrected chi connectivity index (χ0v) is 9.88. The number of hydrogen-bond donors (Lipinski definition) is 3. The predicted molar refractivity (Wildman–Crippen MR) is 60.5 cm³/mol. The molecule has 1 heterocycles. The Morgan fingerprint density at radius 1 is 1.50 bits per heavy atom. The molecule has 1 unspecified atom stereocenters. The van der Waals surface area contributed by atoms with Crippen LogP contribution in [-0.4, -0.2) is 48.9 Å². The number of hydrazine groups is 1. The van der Waals surface area contributed by atoms with Gasteiger partial charge < -0.3 is 10.2 Å². The van der Waals surface area contributed by atoms with E-state index in [1.54, 1.807) is 0 Å². The molecule has 2 amide bonds. The molecule has 16 heavy (non-hydrogen) atoms. The van der Waals surface area contributed by atoms with Crippen LogP contribution in [0.4, 0.5) is 0 Å². The van der Waals surface area contributed by atoms with Gasteiger partial charge in [-0.3, -0.25) is 15.0 Å². The van der Waals surface area contributed by atoms with Gasteiger partial charge in [0.05, 0.1) is 6.42 Å². The maximum atomic E-state index is 11.6. The topological polar surface area (TPSA) is 73.5 Å². The highest BCUT2D eigenvalue weighted by atomic mass is 16.2. The summed E-state index contributed by atoms with van der Waals surface area (Å²) in [7, 11) is 0. The summed E-state index contributed by atoms with van der Waals surface area (Å²) in [6.45, 7) is 7.60. The molecule has 0 radical (unpaired) electrons. The average Bonchev–Trinajstić information content (AvgIpc) is 2.71. The Hall–Kier alpha value is -1.14. The van der Waals surface area contributed by atoms with Crippen LogP contribution in [0.5, 0.6) is 0 Å². The first-order valence-corrected chi connectivity index (χ1v) is 5.71. The van der Waals surface area contributed by atoms with Crippen molar-refractivity contribution in [1.82, 2.24) is 21.1 Å². The molecule has 92 valence electrons. The van der Waals surface area contributed by atoms with E-state index in [4.69, 9.17) is 0 Å². The second-order valence-electron chi connectivity index (χ2n) is 3.77. The highest BCUT2D eigenvalue weighted by molar-refractivity contribution is 5.90. The lowest BCUT2D eigenvalue weighted by Crippen LogP contribution is -2.45. The molecule has 0 aromatic carbocycles. The summed E-state index contributed by atoms with van der Waals surface area (Å²) < 4.78 is 0. The largest absolute Gasteiger partial charge is 0.353 e. The molecule has 0 aromatic rings. The van der Waals surface area contributed by atoms with Crippen molar-refractivity contribution in [2.24, 2.45) is 0 Å². The van der Waals surface area contributed by atoms with E-state index in [-0.39, 0.29) is 18.2 Å². The summed E-state index contributed by atoms with van der Waals surface area (Å²) in [6, 6.07) is -0.427. The Morgan fingerprint density at radius 3 is 2.69 bits per heavy atom. The molecule has 1 fully saturated rings. The van der Waals surface area contributed by atoms with Crippen molar-refractivity contribution in [3.05, 3.63) is 0 Å². The minimum Gasteiger partial charge on any atom is -0.353 e. The quantitative estimate of drug-likeness (QED) is 0.536. The van der Waals surface area contributed by atoms with Gasteiger partial charge in [0.25, 0.3) is 0 Å². The van der Waals surface area contributed by atoms with Crippen molar-refractivity contribution in [2.75, 3.05) is 26.2 Å². The van der Waals surface area contributed by atoms with Crippen molar-refractivity contribution in [3.63, 3.8) is 0 Å². The van der Waals surface area contributed by atoms with E-state index in [0.717, 1.165) is 19.6 Å². The molecule has 1 aliphatic heterocycles. The van der Waals surface area contributed by atoms with E-state index < -0.39 is 6.04 Å². The maximum absolute atomic E-state index is 11.6. The van der Waals surface area contributed by atoms with Gasteiger partial charge in [0, 0.05) is 13.1 Å². The first-order valence-electron chi connectivity index (χ1n) is 5.71. The third-order valence-electron chi connectivity index (χ3n) is 2.71. The van der Waals surface area contributed by atoms with Gasteiger partial charge in [-0.25, -0.2) is 5.43 Å². The van der Waals surface area contributed by atoms with Crippen LogP contribution in [0.3, 0.4) is 0 Å². The molecule has 6 nitrogen and oxygen atoms in total. The van der Waals surface area contributed by atoms with E-state index in [1.165, 1.54) is 0 Å². The number of carbonyl (C=O) groups excluding carboxylic acids is 2. The Bertz CT molecular complexity index is 253. The molecule has 0 aliphatic carbocycles. The molecule has 1 saturated heterocycles. The molecule has 6 heteroatoms. The molecule has 1 aliphatic rings. The van der Waals surface area contributed by atoms with Crippen LogP contribution in [0, 0.1) is 0 Å². The number of likely N-dealkylation sites (N-methyl/N-ethyl adjacent to an activating group) is 1. The van der Waals surface area contributed by atoms with Crippen molar-refractivity contribution >= 4 is 11.8 Å². The van der Waals surface area contributed by atoms with Crippen LogP contribution in [0.25, 0.3) is 0 Å². The van der Waals surface area contributed by atoms with Crippen LogP contribution in [0.2, 0.25) is 0 Å². The van der Waals surface area contributed by atoms with E-state index in [2.05, 4.69) is 34.9 Å². The number of carbonyl (C=O) groups is 2. The average molecular weight is 228 g/mol. The second kappa shape index (κ2) is 6.44. The van der Waals surface area contributed by atoms with Crippen LogP contribution in [-0.2, 0) is 9.59 Å². The lowest BCUT2D eigenvalue weighted by molar-refractivity contribution is -0.124. The lowest BCUT2D eigenvalue weighted by atomic mass is 10.2. The fourth-order valence-electron chi connectivity index (χ4n) is 1.61. The molecule has 1 atom stereocenters.